The van der Waals surface area contributed by atoms with Gasteiger partial charge in [-0.05, 0) is 64.2 Å². The summed E-state index contributed by atoms with van der Waals surface area (Å²) in [4.78, 5) is 35.0. The van der Waals surface area contributed by atoms with Crippen molar-refractivity contribution in [3.05, 3.63) is 72.9 Å². The zero-order valence-corrected chi connectivity index (χ0v) is 46.8. The summed E-state index contributed by atoms with van der Waals surface area (Å²) in [5.74, 6) is -0.819. The fourth-order valence-electron chi connectivity index (χ4n) is 8.29. The second kappa shape index (κ2) is 56.7. The van der Waals surface area contributed by atoms with Crippen molar-refractivity contribution in [3.8, 4) is 0 Å². The van der Waals surface area contributed by atoms with Gasteiger partial charge in [0.15, 0.2) is 6.10 Å². The van der Waals surface area contributed by atoms with Gasteiger partial charge in [-0.1, -0.05) is 267 Å². The molecule has 0 aliphatic carbocycles. The van der Waals surface area contributed by atoms with Crippen LogP contribution in [0, 0.1) is 0 Å². The van der Waals surface area contributed by atoms with E-state index in [1.165, 1.54) is 167 Å². The predicted octanol–water partition coefficient (Wildman–Crippen LogP) is 18.5. The van der Waals surface area contributed by atoms with Crippen LogP contribution in [-0.4, -0.2) is 49.3 Å². The van der Waals surface area contributed by atoms with E-state index in [1.807, 2.05) is 0 Å². The molecule has 2 unspecified atom stereocenters. The minimum Gasteiger partial charge on any atom is -0.462 e. The monoisotopic (exact) mass is 1020 g/mol. The highest BCUT2D eigenvalue weighted by atomic mass is 31.2. The summed E-state index contributed by atoms with van der Waals surface area (Å²) in [5.41, 5.74) is 5.37. The van der Waals surface area contributed by atoms with Crippen LogP contribution < -0.4 is 5.73 Å². The second-order valence-electron chi connectivity index (χ2n) is 19.5. The van der Waals surface area contributed by atoms with E-state index >= 15 is 0 Å². The summed E-state index contributed by atoms with van der Waals surface area (Å²) in [6, 6.07) is 0. The van der Waals surface area contributed by atoms with Crippen molar-refractivity contribution in [3.63, 3.8) is 0 Å². The minimum absolute atomic E-state index is 0.0544. The molecule has 412 valence electrons. The molecule has 0 aromatic carbocycles. The number of nitrogens with two attached hydrogens (primary N) is 1. The largest absolute Gasteiger partial charge is 0.472 e. The number of carbonyl (C=O) groups excluding carboxylic acids is 2. The van der Waals surface area contributed by atoms with Gasteiger partial charge in [0.05, 0.1) is 13.2 Å². The number of hydrogen-bond acceptors (Lipinski definition) is 8. The van der Waals surface area contributed by atoms with Crippen LogP contribution in [0.5, 0.6) is 0 Å². The molecule has 9 nitrogen and oxygen atoms in total. The average molecular weight is 1020 g/mol. The van der Waals surface area contributed by atoms with E-state index in [1.54, 1.807) is 0 Å². The summed E-state index contributed by atoms with van der Waals surface area (Å²) in [7, 11) is -4.38. The van der Waals surface area contributed by atoms with Gasteiger partial charge < -0.3 is 20.1 Å². The van der Waals surface area contributed by atoms with Crippen molar-refractivity contribution < 1.29 is 37.6 Å². The first kappa shape index (κ1) is 68.5. The Morgan fingerprint density at radius 1 is 0.437 bits per heavy atom. The molecule has 0 saturated heterocycles. The van der Waals surface area contributed by atoms with Crippen molar-refractivity contribution in [1.82, 2.24) is 0 Å². The van der Waals surface area contributed by atoms with E-state index in [4.69, 9.17) is 24.3 Å². The SMILES string of the molecule is CC/C=C\C/C=C\C/C=C\C/C=C\C/C=C\C/C=C\CCCCCCCCCCCCCCCCCCCCCCC(=O)OC(COC(=O)CCCCCCCCCCCCC)COP(=O)(O)OCCN. The second-order valence-corrected chi connectivity index (χ2v) is 20.9. The van der Waals surface area contributed by atoms with Crippen LogP contribution in [0.2, 0.25) is 0 Å². The molecule has 0 aromatic rings. The first-order valence-corrected chi connectivity index (χ1v) is 30.9. The number of phosphoric acid groups is 1. The fourth-order valence-corrected chi connectivity index (χ4v) is 9.05. The Bertz CT molecular complexity index is 1390. The van der Waals surface area contributed by atoms with Gasteiger partial charge in [0.25, 0.3) is 0 Å². The number of esters is 2. The molecule has 0 spiro atoms. The average Bonchev–Trinajstić information content (AvgIpc) is 3.36. The van der Waals surface area contributed by atoms with Crippen LogP contribution in [0.3, 0.4) is 0 Å². The number of rotatable bonds is 55. The zero-order valence-electron chi connectivity index (χ0n) is 45.9. The van der Waals surface area contributed by atoms with Crippen molar-refractivity contribution in [1.29, 1.82) is 0 Å². The van der Waals surface area contributed by atoms with Gasteiger partial charge in [-0.25, -0.2) is 4.57 Å². The Morgan fingerprint density at radius 2 is 0.775 bits per heavy atom. The number of unbranched alkanes of at least 4 members (excludes halogenated alkanes) is 30. The maximum Gasteiger partial charge on any atom is 0.472 e. The first-order chi connectivity index (χ1) is 34.8. The third-order valence-electron chi connectivity index (χ3n) is 12.6. The van der Waals surface area contributed by atoms with Gasteiger partial charge in [0.1, 0.15) is 6.61 Å². The molecule has 2 atom stereocenters. The maximum atomic E-state index is 12.7. The Morgan fingerprint density at radius 3 is 1.15 bits per heavy atom. The maximum absolute atomic E-state index is 12.7. The molecule has 71 heavy (non-hydrogen) atoms. The molecular weight excluding hydrogens is 906 g/mol. The standard InChI is InChI=1S/C61H110NO8P/c1-3-5-7-9-11-13-15-16-17-18-19-20-21-22-23-24-25-26-27-28-29-30-31-32-33-34-35-36-37-38-39-40-41-42-44-46-48-50-52-54-61(64)70-59(58-69-71(65,66)68-56-55-62)57-67-60(63)53-51-49-47-45-43-14-12-10-8-6-4-2/h5,7,11,13,16-17,19-20,22-23,25-26,59H,3-4,6,8-10,12,14-15,18,21,24,27-58,62H2,1-2H3,(H,65,66)/b7-5-,13-11-,17-16-,20-19-,23-22-,26-25-. The van der Waals surface area contributed by atoms with Crippen molar-refractivity contribution in [2.24, 2.45) is 5.73 Å². The molecule has 0 amide bonds. The Kier molecular flexibility index (Phi) is 54.7. The third-order valence-corrected chi connectivity index (χ3v) is 13.6. The summed E-state index contributed by atoms with van der Waals surface area (Å²) in [6.45, 7) is 3.64. The molecule has 10 heteroatoms. The molecule has 0 heterocycles. The van der Waals surface area contributed by atoms with Gasteiger partial charge in [-0.2, -0.15) is 0 Å². The summed E-state index contributed by atoms with van der Waals surface area (Å²) in [5, 5.41) is 0. The van der Waals surface area contributed by atoms with E-state index in [-0.39, 0.29) is 38.6 Å². The van der Waals surface area contributed by atoms with Gasteiger partial charge in [0.2, 0.25) is 0 Å². The van der Waals surface area contributed by atoms with E-state index < -0.39 is 26.5 Å². The Hall–Kier alpha value is -2.55. The Balaban J connectivity index is 3.77. The summed E-state index contributed by atoms with van der Waals surface area (Å²) in [6.07, 6.45) is 72.7. The molecule has 0 bridgehead atoms. The predicted molar refractivity (Wildman–Crippen MR) is 302 cm³/mol. The van der Waals surface area contributed by atoms with Crippen molar-refractivity contribution >= 4 is 19.8 Å². The molecule has 0 rings (SSSR count). The van der Waals surface area contributed by atoms with E-state index in [0.29, 0.717) is 6.42 Å². The molecule has 0 aliphatic heterocycles. The topological polar surface area (TPSA) is 134 Å². The zero-order chi connectivity index (χ0) is 51.7. The van der Waals surface area contributed by atoms with Gasteiger partial charge in [-0.3, -0.25) is 18.6 Å². The quantitative estimate of drug-likeness (QED) is 0.0264. The number of allylic oxidation sites excluding steroid dienone is 12. The lowest BCUT2D eigenvalue weighted by Crippen LogP contribution is -2.29. The lowest BCUT2D eigenvalue weighted by Gasteiger charge is -2.19. The smallest absolute Gasteiger partial charge is 0.462 e. The molecule has 0 fully saturated rings. The van der Waals surface area contributed by atoms with Crippen LogP contribution in [0.4, 0.5) is 0 Å². The minimum atomic E-state index is -4.38. The normalized spacial score (nSPS) is 13.6. The van der Waals surface area contributed by atoms with E-state index in [0.717, 1.165) is 70.6 Å². The van der Waals surface area contributed by atoms with Gasteiger partial charge >= 0.3 is 19.8 Å². The molecule has 0 saturated carbocycles. The lowest BCUT2D eigenvalue weighted by atomic mass is 10.0. The molecule has 0 radical (unpaired) electrons. The number of carbonyl (C=O) groups is 2. The molecule has 0 aromatic heterocycles. The van der Waals surface area contributed by atoms with E-state index in [9.17, 15) is 19.0 Å². The first-order valence-electron chi connectivity index (χ1n) is 29.4. The third kappa shape index (κ3) is 56.6. The molecule has 0 aliphatic rings. The number of ether oxygens (including phenoxy) is 2. The van der Waals surface area contributed by atoms with Crippen LogP contribution in [0.1, 0.15) is 271 Å². The summed E-state index contributed by atoms with van der Waals surface area (Å²) >= 11 is 0. The van der Waals surface area contributed by atoms with E-state index in [2.05, 4.69) is 86.8 Å². The Labute approximate surface area is 437 Å². The van der Waals surface area contributed by atoms with Crippen molar-refractivity contribution in [2.45, 2.75) is 277 Å². The van der Waals surface area contributed by atoms with Crippen molar-refractivity contribution in [2.75, 3.05) is 26.4 Å². The van der Waals surface area contributed by atoms with Gasteiger partial charge in [0, 0.05) is 19.4 Å². The highest BCUT2D eigenvalue weighted by Gasteiger charge is 2.26. The van der Waals surface area contributed by atoms with Crippen LogP contribution >= 0.6 is 7.82 Å². The molecule has 3 N–H and O–H groups in total. The van der Waals surface area contributed by atoms with Crippen LogP contribution in [-0.2, 0) is 32.7 Å². The van der Waals surface area contributed by atoms with Gasteiger partial charge in [-0.15, -0.1) is 0 Å². The number of phosphoric ester groups is 1. The fraction of sp³-hybridized carbons (Fsp3) is 0.770. The highest BCUT2D eigenvalue weighted by Crippen LogP contribution is 2.43. The molecular formula is C61H110NO8P. The van der Waals surface area contributed by atoms with Crippen LogP contribution in [0.15, 0.2) is 72.9 Å². The lowest BCUT2D eigenvalue weighted by molar-refractivity contribution is -0.161. The highest BCUT2D eigenvalue weighted by molar-refractivity contribution is 7.47. The van der Waals surface area contributed by atoms with Crippen LogP contribution in [0.25, 0.3) is 0 Å². The number of hydrogen-bond donors (Lipinski definition) is 2. The summed E-state index contributed by atoms with van der Waals surface area (Å²) < 4.78 is 32.9.